The van der Waals surface area contributed by atoms with Gasteiger partial charge in [0.05, 0.1) is 22.5 Å². The van der Waals surface area contributed by atoms with E-state index in [0.717, 1.165) is 34.8 Å². The van der Waals surface area contributed by atoms with Crippen LogP contribution in [-0.2, 0) is 11.3 Å². The Hall–Kier alpha value is -2.28. The molecular formula is C19H24N4O2S. The number of hydrogen-bond acceptors (Lipinski definition) is 5. The number of amides is 1. The van der Waals surface area contributed by atoms with Gasteiger partial charge in [-0.15, -0.1) is 0 Å². The number of imidazole rings is 1. The average molecular weight is 372 g/mol. The summed E-state index contributed by atoms with van der Waals surface area (Å²) in [5, 5.41) is 7.37. The summed E-state index contributed by atoms with van der Waals surface area (Å²) in [5.74, 6) is 0.523. The van der Waals surface area contributed by atoms with Gasteiger partial charge in [0.2, 0.25) is 11.8 Å². The summed E-state index contributed by atoms with van der Waals surface area (Å²) in [6, 6.07) is 9.82. The van der Waals surface area contributed by atoms with Crippen LogP contribution in [0.15, 0.2) is 40.0 Å². The molecule has 3 rings (SSSR count). The first-order chi connectivity index (χ1) is 12.7. The number of benzene rings is 1. The van der Waals surface area contributed by atoms with E-state index in [9.17, 15) is 4.79 Å². The van der Waals surface area contributed by atoms with Gasteiger partial charge in [-0.25, -0.2) is 4.98 Å². The Morgan fingerprint density at radius 1 is 1.27 bits per heavy atom. The van der Waals surface area contributed by atoms with Gasteiger partial charge < -0.3 is 9.09 Å². The maximum absolute atomic E-state index is 12.2. The zero-order chi connectivity index (χ0) is 18.4. The molecule has 3 aromatic rings. The first-order valence-corrected chi connectivity index (χ1v) is 9.97. The van der Waals surface area contributed by atoms with Crippen LogP contribution in [0.25, 0.3) is 11.0 Å². The number of carbonyl (C=O) groups excluding carboxylic acids is 1. The van der Waals surface area contributed by atoms with Gasteiger partial charge in [-0.3, -0.25) is 10.1 Å². The molecule has 2 aromatic heterocycles. The van der Waals surface area contributed by atoms with Crippen LogP contribution in [0.2, 0.25) is 0 Å². The average Bonchev–Trinajstić information content (AvgIpc) is 3.20. The number of nitrogens with one attached hydrogen (secondary N) is 1. The third kappa shape index (κ3) is 4.66. The Bertz CT molecular complexity index is 871. The van der Waals surface area contributed by atoms with Crippen LogP contribution in [0.3, 0.4) is 0 Å². The normalized spacial score (nSPS) is 11.2. The SMILES string of the molecule is CCCCCCn1c(SCC(=O)Nc2cc(C)no2)nc2ccccc21. The van der Waals surface area contributed by atoms with Crippen LogP contribution in [0.5, 0.6) is 0 Å². The first-order valence-electron chi connectivity index (χ1n) is 8.98. The molecule has 1 aromatic carbocycles. The minimum absolute atomic E-state index is 0.129. The fourth-order valence-corrected chi connectivity index (χ4v) is 3.64. The van der Waals surface area contributed by atoms with Crippen molar-refractivity contribution < 1.29 is 9.32 Å². The highest BCUT2D eigenvalue weighted by Crippen LogP contribution is 2.25. The Kier molecular flexibility index (Phi) is 6.33. The Balaban J connectivity index is 1.66. The van der Waals surface area contributed by atoms with Crippen LogP contribution >= 0.6 is 11.8 Å². The van der Waals surface area contributed by atoms with Gasteiger partial charge >= 0.3 is 0 Å². The number of fused-ring (bicyclic) bond motifs is 1. The maximum atomic E-state index is 12.2. The van der Waals surface area contributed by atoms with Crippen molar-refractivity contribution in [3.8, 4) is 0 Å². The van der Waals surface area contributed by atoms with Crippen molar-refractivity contribution >= 4 is 34.6 Å². The molecule has 0 aliphatic rings. The van der Waals surface area contributed by atoms with E-state index in [1.165, 1.54) is 31.0 Å². The molecule has 0 atom stereocenters. The number of para-hydroxylation sites is 2. The minimum atomic E-state index is -0.129. The Labute approximate surface area is 157 Å². The minimum Gasteiger partial charge on any atom is -0.338 e. The molecule has 0 spiro atoms. The highest BCUT2D eigenvalue weighted by atomic mass is 32.2. The number of aromatic nitrogens is 3. The van der Waals surface area contributed by atoms with Crippen molar-refractivity contribution in [3.63, 3.8) is 0 Å². The summed E-state index contributed by atoms with van der Waals surface area (Å²) in [6.45, 7) is 4.95. The molecule has 0 aliphatic carbocycles. The largest absolute Gasteiger partial charge is 0.338 e. The topological polar surface area (TPSA) is 73.0 Å². The van der Waals surface area contributed by atoms with Crippen molar-refractivity contribution in [2.75, 3.05) is 11.1 Å². The lowest BCUT2D eigenvalue weighted by Crippen LogP contribution is -2.14. The summed E-state index contributed by atoms with van der Waals surface area (Å²) in [7, 11) is 0. The molecule has 1 N–H and O–H groups in total. The molecule has 26 heavy (non-hydrogen) atoms. The molecule has 0 aliphatic heterocycles. The summed E-state index contributed by atoms with van der Waals surface area (Å²) < 4.78 is 7.25. The summed E-state index contributed by atoms with van der Waals surface area (Å²) in [4.78, 5) is 16.9. The lowest BCUT2D eigenvalue weighted by Gasteiger charge is -2.08. The van der Waals surface area contributed by atoms with Crippen LogP contribution in [0, 0.1) is 6.92 Å². The zero-order valence-corrected chi connectivity index (χ0v) is 16.0. The highest BCUT2D eigenvalue weighted by molar-refractivity contribution is 7.99. The summed E-state index contributed by atoms with van der Waals surface area (Å²) >= 11 is 1.45. The molecule has 0 fully saturated rings. The predicted molar refractivity (Wildman–Crippen MR) is 104 cm³/mol. The van der Waals surface area contributed by atoms with E-state index < -0.39 is 0 Å². The van der Waals surface area contributed by atoms with E-state index >= 15 is 0 Å². The quantitative estimate of drug-likeness (QED) is 0.437. The van der Waals surface area contributed by atoms with E-state index in [-0.39, 0.29) is 11.7 Å². The number of unbranched alkanes of at least 4 members (excludes halogenated alkanes) is 3. The smallest absolute Gasteiger partial charge is 0.237 e. The van der Waals surface area contributed by atoms with Gasteiger partial charge in [-0.2, -0.15) is 0 Å². The second-order valence-corrected chi connectivity index (χ2v) is 7.21. The summed E-state index contributed by atoms with van der Waals surface area (Å²) in [5.41, 5.74) is 2.83. The van der Waals surface area contributed by atoms with E-state index in [1.54, 1.807) is 6.07 Å². The standard InChI is InChI=1S/C19H24N4O2S/c1-3-4-5-8-11-23-16-10-7-6-9-15(16)20-19(23)26-13-17(24)21-18-12-14(2)22-25-18/h6-7,9-10,12H,3-5,8,11,13H2,1-2H3,(H,21,24). The zero-order valence-electron chi connectivity index (χ0n) is 15.2. The monoisotopic (exact) mass is 372 g/mol. The van der Waals surface area contributed by atoms with E-state index in [0.29, 0.717) is 5.88 Å². The van der Waals surface area contributed by atoms with E-state index in [2.05, 4.69) is 28.0 Å². The third-order valence-corrected chi connectivity index (χ3v) is 5.05. The molecule has 1 amide bonds. The van der Waals surface area contributed by atoms with Crippen molar-refractivity contribution in [1.82, 2.24) is 14.7 Å². The Morgan fingerprint density at radius 2 is 2.12 bits per heavy atom. The molecule has 2 heterocycles. The van der Waals surface area contributed by atoms with Crippen molar-refractivity contribution in [2.45, 2.75) is 51.2 Å². The molecular weight excluding hydrogens is 348 g/mol. The molecule has 0 radical (unpaired) electrons. The lowest BCUT2D eigenvalue weighted by atomic mass is 10.2. The number of hydrogen-bond donors (Lipinski definition) is 1. The number of carbonyl (C=O) groups is 1. The molecule has 7 heteroatoms. The molecule has 0 saturated carbocycles. The second-order valence-electron chi connectivity index (χ2n) is 6.26. The fraction of sp³-hybridized carbons (Fsp3) is 0.421. The number of nitrogens with zero attached hydrogens (tertiary/aromatic N) is 3. The van der Waals surface area contributed by atoms with Gasteiger partial charge in [-0.05, 0) is 25.5 Å². The van der Waals surface area contributed by atoms with Gasteiger partial charge in [0, 0.05) is 12.6 Å². The number of anilines is 1. The second kappa shape index (κ2) is 8.89. The third-order valence-electron chi connectivity index (χ3n) is 4.08. The number of aryl methyl sites for hydroxylation is 2. The highest BCUT2D eigenvalue weighted by Gasteiger charge is 2.13. The van der Waals surface area contributed by atoms with Crippen LogP contribution < -0.4 is 5.32 Å². The fourth-order valence-electron chi connectivity index (χ4n) is 2.80. The first kappa shape index (κ1) is 18.5. The maximum Gasteiger partial charge on any atom is 0.237 e. The molecule has 0 unspecified atom stereocenters. The van der Waals surface area contributed by atoms with Crippen molar-refractivity contribution in [3.05, 3.63) is 36.0 Å². The van der Waals surface area contributed by atoms with Crippen LogP contribution in [0.1, 0.15) is 38.3 Å². The lowest BCUT2D eigenvalue weighted by molar-refractivity contribution is -0.113. The summed E-state index contributed by atoms with van der Waals surface area (Å²) in [6.07, 6.45) is 4.78. The van der Waals surface area contributed by atoms with Gasteiger partial charge in [-0.1, -0.05) is 55.2 Å². The van der Waals surface area contributed by atoms with Crippen molar-refractivity contribution in [2.24, 2.45) is 0 Å². The predicted octanol–water partition coefficient (Wildman–Crippen LogP) is 4.64. The molecule has 6 nitrogen and oxygen atoms in total. The Morgan fingerprint density at radius 3 is 2.88 bits per heavy atom. The van der Waals surface area contributed by atoms with E-state index in [1.807, 2.05) is 25.1 Å². The number of rotatable bonds is 9. The van der Waals surface area contributed by atoms with Crippen LogP contribution in [-0.4, -0.2) is 26.4 Å². The molecule has 0 bridgehead atoms. The van der Waals surface area contributed by atoms with Gasteiger partial charge in [0.1, 0.15) is 0 Å². The number of thioether (sulfide) groups is 1. The van der Waals surface area contributed by atoms with Crippen LogP contribution in [0.4, 0.5) is 5.88 Å². The molecule has 138 valence electrons. The van der Waals surface area contributed by atoms with Gasteiger partial charge in [0.15, 0.2) is 5.16 Å². The van der Waals surface area contributed by atoms with Crippen molar-refractivity contribution in [1.29, 1.82) is 0 Å². The van der Waals surface area contributed by atoms with E-state index in [4.69, 9.17) is 9.51 Å². The molecule has 0 saturated heterocycles. The van der Waals surface area contributed by atoms with Gasteiger partial charge in [0.25, 0.3) is 0 Å².